The number of amides is 1. The van der Waals surface area contributed by atoms with Crippen LogP contribution in [0.25, 0.3) is 0 Å². The maximum absolute atomic E-state index is 12.3. The number of hydrogen-bond donors (Lipinski definition) is 1. The van der Waals surface area contributed by atoms with Gasteiger partial charge in [0.05, 0.1) is 19.8 Å². The Hall–Kier alpha value is -1.71. The zero-order valence-corrected chi connectivity index (χ0v) is 11.6. The molecule has 1 aromatic rings. The average molecular weight is 263 g/mol. The van der Waals surface area contributed by atoms with Crippen LogP contribution in [0.4, 0.5) is 0 Å². The van der Waals surface area contributed by atoms with Crippen LogP contribution in [-0.2, 0) is 0 Å². The number of rotatable bonds is 4. The molecule has 0 heterocycles. The summed E-state index contributed by atoms with van der Waals surface area (Å²) in [5.74, 6) is 1.17. The van der Waals surface area contributed by atoms with Crippen molar-refractivity contribution in [3.05, 3.63) is 23.8 Å². The molecule has 0 bridgehead atoms. The molecule has 1 N–H and O–H groups in total. The molecular weight excluding hydrogens is 242 g/mol. The van der Waals surface area contributed by atoms with E-state index in [0.29, 0.717) is 23.1 Å². The third kappa shape index (κ3) is 3.40. The smallest absolute Gasteiger partial charge is 0.255 e. The first-order valence-corrected chi connectivity index (χ1v) is 6.77. The predicted molar refractivity (Wildman–Crippen MR) is 73.9 cm³/mol. The van der Waals surface area contributed by atoms with Gasteiger partial charge in [-0.25, -0.2) is 0 Å². The van der Waals surface area contributed by atoms with Crippen molar-refractivity contribution in [3.8, 4) is 11.5 Å². The van der Waals surface area contributed by atoms with Gasteiger partial charge in [-0.1, -0.05) is 19.3 Å². The highest BCUT2D eigenvalue weighted by Gasteiger charge is 2.19. The van der Waals surface area contributed by atoms with Crippen molar-refractivity contribution in [2.75, 3.05) is 14.2 Å². The molecule has 19 heavy (non-hydrogen) atoms. The second kappa shape index (κ2) is 6.45. The topological polar surface area (TPSA) is 47.6 Å². The molecule has 2 rings (SSSR count). The standard InChI is InChI=1S/C15H21NO3/c1-18-12-8-9-13(14(10-12)19-2)15(17)16-11-6-4-3-5-7-11/h8-11H,3-7H2,1-2H3,(H,16,17). The van der Waals surface area contributed by atoms with Crippen LogP contribution in [0.2, 0.25) is 0 Å². The first-order chi connectivity index (χ1) is 9.24. The Morgan fingerprint density at radius 3 is 2.53 bits per heavy atom. The minimum atomic E-state index is -0.0635. The molecule has 0 radical (unpaired) electrons. The van der Waals surface area contributed by atoms with E-state index in [0.717, 1.165) is 12.8 Å². The van der Waals surface area contributed by atoms with Crippen LogP contribution in [0.1, 0.15) is 42.5 Å². The number of ether oxygens (including phenoxy) is 2. The third-order valence-corrected chi connectivity index (χ3v) is 3.59. The second-order valence-corrected chi connectivity index (χ2v) is 4.87. The lowest BCUT2D eigenvalue weighted by Crippen LogP contribution is -2.36. The van der Waals surface area contributed by atoms with Crippen molar-refractivity contribution in [2.24, 2.45) is 0 Å². The summed E-state index contributed by atoms with van der Waals surface area (Å²) >= 11 is 0. The van der Waals surface area contributed by atoms with Gasteiger partial charge in [0.2, 0.25) is 0 Å². The molecule has 1 saturated carbocycles. The van der Waals surface area contributed by atoms with E-state index >= 15 is 0 Å². The molecule has 104 valence electrons. The molecule has 0 aliphatic heterocycles. The lowest BCUT2D eigenvalue weighted by atomic mass is 9.95. The Balaban J connectivity index is 2.09. The van der Waals surface area contributed by atoms with Gasteiger partial charge in [-0.15, -0.1) is 0 Å². The molecule has 4 nitrogen and oxygen atoms in total. The van der Waals surface area contributed by atoms with Gasteiger partial charge in [-0.3, -0.25) is 4.79 Å². The van der Waals surface area contributed by atoms with Gasteiger partial charge in [0, 0.05) is 12.1 Å². The largest absolute Gasteiger partial charge is 0.497 e. The highest BCUT2D eigenvalue weighted by molar-refractivity contribution is 5.97. The van der Waals surface area contributed by atoms with Gasteiger partial charge in [0.1, 0.15) is 11.5 Å². The fourth-order valence-electron chi connectivity index (χ4n) is 2.50. The average Bonchev–Trinajstić information content (AvgIpc) is 2.47. The molecule has 1 aliphatic carbocycles. The molecule has 1 aromatic carbocycles. The lowest BCUT2D eigenvalue weighted by Gasteiger charge is -2.23. The van der Waals surface area contributed by atoms with Crippen molar-refractivity contribution in [1.82, 2.24) is 5.32 Å². The zero-order valence-electron chi connectivity index (χ0n) is 11.6. The van der Waals surface area contributed by atoms with Crippen LogP contribution in [-0.4, -0.2) is 26.2 Å². The normalized spacial score (nSPS) is 15.9. The SMILES string of the molecule is COc1ccc(C(=O)NC2CCCCC2)c(OC)c1. The van der Waals surface area contributed by atoms with Gasteiger partial charge in [0.25, 0.3) is 5.91 Å². The Kier molecular flexibility index (Phi) is 4.66. The molecule has 0 spiro atoms. The fourth-order valence-corrected chi connectivity index (χ4v) is 2.50. The minimum Gasteiger partial charge on any atom is -0.497 e. The van der Waals surface area contributed by atoms with Crippen LogP contribution in [0.15, 0.2) is 18.2 Å². The van der Waals surface area contributed by atoms with Crippen molar-refractivity contribution in [2.45, 2.75) is 38.1 Å². The molecule has 0 unspecified atom stereocenters. The number of carbonyl (C=O) groups is 1. The number of hydrogen-bond acceptors (Lipinski definition) is 3. The fraction of sp³-hybridized carbons (Fsp3) is 0.533. The van der Waals surface area contributed by atoms with Crippen molar-refractivity contribution >= 4 is 5.91 Å². The van der Waals surface area contributed by atoms with Crippen LogP contribution in [0, 0.1) is 0 Å². The number of methoxy groups -OCH3 is 2. The summed E-state index contributed by atoms with van der Waals surface area (Å²) in [6, 6.07) is 5.55. The zero-order chi connectivity index (χ0) is 13.7. The summed E-state index contributed by atoms with van der Waals surface area (Å²) in [6.07, 6.45) is 5.82. The lowest BCUT2D eigenvalue weighted by molar-refractivity contribution is 0.0924. The highest BCUT2D eigenvalue weighted by Crippen LogP contribution is 2.25. The van der Waals surface area contributed by atoms with E-state index in [2.05, 4.69) is 5.32 Å². The van der Waals surface area contributed by atoms with Crippen molar-refractivity contribution in [3.63, 3.8) is 0 Å². The molecule has 4 heteroatoms. The van der Waals surface area contributed by atoms with Crippen LogP contribution in [0.5, 0.6) is 11.5 Å². The second-order valence-electron chi connectivity index (χ2n) is 4.87. The first-order valence-electron chi connectivity index (χ1n) is 6.77. The van der Waals surface area contributed by atoms with E-state index in [1.54, 1.807) is 32.4 Å². The maximum Gasteiger partial charge on any atom is 0.255 e. The summed E-state index contributed by atoms with van der Waals surface area (Å²) in [6.45, 7) is 0. The van der Waals surface area contributed by atoms with Crippen molar-refractivity contribution < 1.29 is 14.3 Å². The number of nitrogens with one attached hydrogen (secondary N) is 1. The van der Waals surface area contributed by atoms with Crippen LogP contribution >= 0.6 is 0 Å². The van der Waals surface area contributed by atoms with E-state index in [9.17, 15) is 4.79 Å². The Labute approximate surface area is 114 Å². The summed E-state index contributed by atoms with van der Waals surface area (Å²) in [5, 5.41) is 3.09. The molecule has 1 aliphatic rings. The quantitative estimate of drug-likeness (QED) is 0.908. The molecule has 0 aromatic heterocycles. The van der Waals surface area contributed by atoms with Crippen LogP contribution in [0.3, 0.4) is 0 Å². The van der Waals surface area contributed by atoms with E-state index in [1.807, 2.05) is 0 Å². The van der Waals surface area contributed by atoms with Gasteiger partial charge in [-0.05, 0) is 25.0 Å². The Bertz CT molecular complexity index is 439. The summed E-state index contributed by atoms with van der Waals surface area (Å²) < 4.78 is 10.4. The van der Waals surface area contributed by atoms with Gasteiger partial charge >= 0.3 is 0 Å². The Morgan fingerprint density at radius 2 is 1.89 bits per heavy atom. The predicted octanol–water partition coefficient (Wildman–Crippen LogP) is 2.77. The van der Waals surface area contributed by atoms with Crippen LogP contribution < -0.4 is 14.8 Å². The minimum absolute atomic E-state index is 0.0635. The molecule has 1 amide bonds. The van der Waals surface area contributed by atoms with E-state index < -0.39 is 0 Å². The summed E-state index contributed by atoms with van der Waals surface area (Å²) in [7, 11) is 3.16. The number of benzene rings is 1. The molecule has 1 fully saturated rings. The summed E-state index contributed by atoms with van der Waals surface area (Å²) in [4.78, 5) is 12.3. The first kappa shape index (κ1) is 13.7. The van der Waals surface area contributed by atoms with Gasteiger partial charge < -0.3 is 14.8 Å². The molecule has 0 saturated heterocycles. The van der Waals surface area contributed by atoms with Crippen molar-refractivity contribution in [1.29, 1.82) is 0 Å². The monoisotopic (exact) mass is 263 g/mol. The molecule has 0 atom stereocenters. The van der Waals surface area contributed by atoms with Gasteiger partial charge in [-0.2, -0.15) is 0 Å². The van der Waals surface area contributed by atoms with E-state index in [4.69, 9.17) is 9.47 Å². The Morgan fingerprint density at radius 1 is 1.16 bits per heavy atom. The highest BCUT2D eigenvalue weighted by atomic mass is 16.5. The van der Waals surface area contributed by atoms with Gasteiger partial charge in [0.15, 0.2) is 0 Å². The van der Waals surface area contributed by atoms with E-state index in [-0.39, 0.29) is 5.91 Å². The maximum atomic E-state index is 12.3. The summed E-state index contributed by atoms with van der Waals surface area (Å²) in [5.41, 5.74) is 0.564. The number of carbonyl (C=O) groups excluding carboxylic acids is 1. The van der Waals surface area contributed by atoms with E-state index in [1.165, 1.54) is 19.3 Å². The molecular formula is C15H21NO3. The third-order valence-electron chi connectivity index (χ3n) is 3.59.